The molecule has 2 aromatic heterocycles. The van der Waals surface area contributed by atoms with E-state index < -0.39 is 11.5 Å². The fourth-order valence-corrected chi connectivity index (χ4v) is 2.14. The van der Waals surface area contributed by atoms with Crippen LogP contribution in [0.3, 0.4) is 0 Å². The second kappa shape index (κ2) is 3.61. The highest BCUT2D eigenvalue weighted by Gasteiger charge is 2.18. The second-order valence-electron chi connectivity index (χ2n) is 4.25. The number of carbonyl (C=O) groups is 1. The van der Waals surface area contributed by atoms with Gasteiger partial charge in [0.05, 0.1) is 16.7 Å². The molecule has 0 aliphatic carbocycles. The molecule has 6 heteroatoms. The lowest BCUT2D eigenvalue weighted by Gasteiger charge is -2.02. The van der Waals surface area contributed by atoms with Crippen molar-refractivity contribution in [2.45, 2.75) is 6.92 Å². The van der Waals surface area contributed by atoms with Crippen LogP contribution in [0, 0.1) is 6.92 Å². The third-order valence-corrected chi connectivity index (χ3v) is 3.00. The molecule has 19 heavy (non-hydrogen) atoms. The van der Waals surface area contributed by atoms with Gasteiger partial charge in [0.2, 0.25) is 5.65 Å². The van der Waals surface area contributed by atoms with Gasteiger partial charge in [-0.1, -0.05) is 12.6 Å². The minimum Gasteiger partial charge on any atom is -0.476 e. The predicted octanol–water partition coefficient (Wildman–Crippen LogP) is 0.379. The molecule has 3 rings (SSSR count). The Morgan fingerprint density at radius 2 is 2.11 bits per heavy atom. The molecule has 0 unspecified atom stereocenters. The monoisotopic (exact) mass is 255 g/mol. The van der Waals surface area contributed by atoms with E-state index in [0.717, 1.165) is 5.22 Å². The molecule has 0 bridgehead atoms. The molecule has 0 aliphatic heterocycles. The van der Waals surface area contributed by atoms with Crippen LogP contribution in [0.4, 0.5) is 0 Å². The zero-order chi connectivity index (χ0) is 13.7. The van der Waals surface area contributed by atoms with Crippen LogP contribution in [0.5, 0.6) is 0 Å². The van der Waals surface area contributed by atoms with Crippen LogP contribution in [0.15, 0.2) is 23.0 Å². The fraction of sp³-hybridized carbons (Fsp3) is 0.0769. The van der Waals surface area contributed by atoms with Crippen molar-refractivity contribution in [2.75, 3.05) is 0 Å². The van der Waals surface area contributed by atoms with E-state index in [1.54, 1.807) is 25.1 Å². The van der Waals surface area contributed by atoms with E-state index in [1.807, 2.05) is 0 Å². The topological polar surface area (TPSA) is 84.6 Å². The number of imidazole rings is 1. The number of aromatic nitrogens is 3. The lowest BCUT2D eigenvalue weighted by molar-refractivity contribution is 0.0690. The molecule has 2 heterocycles. The molecule has 1 aromatic carbocycles. The van der Waals surface area contributed by atoms with Gasteiger partial charge >= 0.3 is 11.5 Å². The number of nitrogens with zero attached hydrogens (tertiary/aromatic N) is 3. The molecule has 0 amide bonds. The minimum atomic E-state index is -1.17. The summed E-state index contributed by atoms with van der Waals surface area (Å²) in [5.41, 5.74) is 0.855. The van der Waals surface area contributed by atoms with Crippen molar-refractivity contribution in [1.29, 1.82) is 0 Å². The maximum absolute atomic E-state index is 11.9. The molecule has 0 atom stereocenters. The van der Waals surface area contributed by atoms with Gasteiger partial charge in [0, 0.05) is 0 Å². The number of carboxylic acid groups (broad SMARTS) is 1. The van der Waals surface area contributed by atoms with Crippen LogP contribution in [0.2, 0.25) is 0 Å². The second-order valence-corrected chi connectivity index (χ2v) is 4.25. The van der Waals surface area contributed by atoms with Crippen molar-refractivity contribution in [3.05, 3.63) is 45.2 Å². The highest BCUT2D eigenvalue weighted by molar-refractivity contribution is 5.89. The summed E-state index contributed by atoms with van der Waals surface area (Å²) in [5, 5.41) is 9.82. The van der Waals surface area contributed by atoms with Crippen molar-refractivity contribution in [3.63, 3.8) is 0 Å². The summed E-state index contributed by atoms with van der Waals surface area (Å²) in [6.45, 7) is 5.42. The van der Waals surface area contributed by atoms with Gasteiger partial charge in [0.15, 0.2) is 5.69 Å². The number of carboxylic acids is 1. The Bertz CT molecular complexity index is 943. The van der Waals surface area contributed by atoms with Crippen LogP contribution in [0.1, 0.15) is 16.2 Å². The minimum absolute atomic E-state index is 0.0213. The first-order valence-electron chi connectivity index (χ1n) is 5.54. The summed E-state index contributed by atoms with van der Waals surface area (Å²) < 4.78 is 1.52. The lowest BCUT2D eigenvalue weighted by atomic mass is 10.2. The molecule has 3 aromatic rings. The van der Waals surface area contributed by atoms with Crippen molar-refractivity contribution in [1.82, 2.24) is 14.4 Å². The van der Waals surface area contributed by atoms with E-state index in [-0.39, 0.29) is 11.3 Å². The molecule has 0 saturated heterocycles. The Hall–Kier alpha value is -2.76. The maximum atomic E-state index is 11.9. The Balaban J connectivity index is 2.66. The normalized spacial score (nSPS) is 11.2. The van der Waals surface area contributed by atoms with Gasteiger partial charge in [-0.15, -0.1) is 0 Å². The SMILES string of the molecule is C=c1ccc2nc(=O)c3nc(C(=O)O)c(C)n3c2c1. The summed E-state index contributed by atoms with van der Waals surface area (Å²) in [5.74, 6) is -1.17. The molecule has 0 aliphatic rings. The van der Waals surface area contributed by atoms with Crippen molar-refractivity contribution in [2.24, 2.45) is 0 Å². The molecule has 94 valence electrons. The van der Waals surface area contributed by atoms with Gasteiger partial charge in [-0.05, 0) is 24.3 Å². The highest BCUT2D eigenvalue weighted by Crippen LogP contribution is 2.15. The lowest BCUT2D eigenvalue weighted by Crippen LogP contribution is -2.12. The maximum Gasteiger partial charge on any atom is 0.356 e. The zero-order valence-electron chi connectivity index (χ0n) is 10.0. The zero-order valence-corrected chi connectivity index (χ0v) is 10.0. The number of hydrogen-bond acceptors (Lipinski definition) is 4. The van der Waals surface area contributed by atoms with Gasteiger partial charge in [0.1, 0.15) is 0 Å². The molecule has 0 spiro atoms. The molecular formula is C13H9N3O3. The van der Waals surface area contributed by atoms with E-state index >= 15 is 0 Å². The van der Waals surface area contributed by atoms with Crippen molar-refractivity contribution < 1.29 is 9.90 Å². The number of fused-ring (bicyclic) bond motifs is 3. The van der Waals surface area contributed by atoms with E-state index in [0.29, 0.717) is 16.7 Å². The van der Waals surface area contributed by atoms with E-state index in [4.69, 9.17) is 5.11 Å². The fourth-order valence-electron chi connectivity index (χ4n) is 2.14. The molecular weight excluding hydrogens is 246 g/mol. The number of rotatable bonds is 1. The van der Waals surface area contributed by atoms with Crippen molar-refractivity contribution in [3.8, 4) is 0 Å². The molecule has 6 nitrogen and oxygen atoms in total. The summed E-state index contributed by atoms with van der Waals surface area (Å²) in [6.07, 6.45) is 0. The quantitative estimate of drug-likeness (QED) is 0.679. The third kappa shape index (κ3) is 1.50. The van der Waals surface area contributed by atoms with E-state index in [1.165, 1.54) is 4.40 Å². The average molecular weight is 255 g/mol. The number of benzene rings is 1. The predicted molar refractivity (Wildman–Crippen MR) is 69.2 cm³/mol. The summed E-state index contributed by atoms with van der Waals surface area (Å²) >= 11 is 0. The standard InChI is InChI=1S/C13H9N3O3/c1-6-3-4-8-9(5-6)16-7(2)10(13(18)19)15-11(16)12(17)14-8/h3-5H,1H2,2H3,(H,18,19). The smallest absolute Gasteiger partial charge is 0.356 e. The van der Waals surface area contributed by atoms with Crippen molar-refractivity contribution >= 4 is 29.2 Å². The van der Waals surface area contributed by atoms with Gasteiger partial charge in [-0.2, -0.15) is 0 Å². The number of aryl methyl sites for hydroxylation is 1. The highest BCUT2D eigenvalue weighted by atomic mass is 16.4. The third-order valence-electron chi connectivity index (χ3n) is 3.00. The Labute approximate surface area is 106 Å². The summed E-state index contributed by atoms with van der Waals surface area (Å²) in [6, 6.07) is 5.17. The molecule has 0 saturated carbocycles. The van der Waals surface area contributed by atoms with Crippen LogP contribution in [-0.2, 0) is 0 Å². The van der Waals surface area contributed by atoms with Crippen LogP contribution in [0.25, 0.3) is 23.3 Å². The summed E-state index contributed by atoms with van der Waals surface area (Å²) in [4.78, 5) is 30.7. The van der Waals surface area contributed by atoms with Crippen LogP contribution < -0.4 is 10.8 Å². The first kappa shape index (κ1) is 11.3. The van der Waals surface area contributed by atoms with E-state index in [2.05, 4.69) is 16.5 Å². The van der Waals surface area contributed by atoms with Gasteiger partial charge in [-0.3, -0.25) is 9.20 Å². The van der Waals surface area contributed by atoms with Crippen LogP contribution in [-0.4, -0.2) is 25.4 Å². The first-order chi connectivity index (χ1) is 8.99. The van der Waals surface area contributed by atoms with Gasteiger partial charge in [0.25, 0.3) is 0 Å². The Morgan fingerprint density at radius 1 is 1.37 bits per heavy atom. The van der Waals surface area contributed by atoms with Crippen LogP contribution >= 0.6 is 0 Å². The largest absolute Gasteiger partial charge is 0.476 e. The Kier molecular flexibility index (Phi) is 2.16. The summed E-state index contributed by atoms with van der Waals surface area (Å²) in [7, 11) is 0. The van der Waals surface area contributed by atoms with Gasteiger partial charge in [-0.25, -0.2) is 14.8 Å². The molecule has 1 N–H and O–H groups in total. The molecule has 0 fully saturated rings. The number of hydrogen-bond donors (Lipinski definition) is 1. The first-order valence-corrected chi connectivity index (χ1v) is 5.54. The number of aromatic carboxylic acids is 1. The molecule has 0 radical (unpaired) electrons. The van der Waals surface area contributed by atoms with Gasteiger partial charge < -0.3 is 5.11 Å². The average Bonchev–Trinajstić information content (AvgIpc) is 2.69. The Morgan fingerprint density at radius 3 is 2.79 bits per heavy atom. The van der Waals surface area contributed by atoms with E-state index in [9.17, 15) is 9.59 Å².